The molecule has 0 bridgehead atoms. The van der Waals surface area contributed by atoms with Crippen molar-refractivity contribution in [2.45, 2.75) is 46.1 Å². The maximum absolute atomic E-state index is 4.78. The molecule has 3 rings (SSSR count). The first kappa shape index (κ1) is 13.6. The molecule has 1 N–H and O–H groups in total. The second kappa shape index (κ2) is 5.56. The van der Waals surface area contributed by atoms with E-state index in [2.05, 4.69) is 42.0 Å². The van der Waals surface area contributed by atoms with Crippen molar-refractivity contribution in [3.8, 4) is 0 Å². The number of hydrogen-bond acceptors (Lipinski definition) is 5. The molecule has 5 heteroatoms. The third-order valence-corrected chi connectivity index (χ3v) is 5.11. The summed E-state index contributed by atoms with van der Waals surface area (Å²) in [4.78, 5) is 14.4. The second-order valence-electron chi connectivity index (χ2n) is 5.37. The fourth-order valence-electron chi connectivity index (χ4n) is 2.83. The Bertz CT molecular complexity index is 607. The summed E-state index contributed by atoms with van der Waals surface area (Å²) in [5.41, 5.74) is 0. The van der Waals surface area contributed by atoms with Crippen LogP contribution in [0, 0.1) is 0 Å². The summed E-state index contributed by atoms with van der Waals surface area (Å²) in [5.74, 6) is 1.88. The van der Waals surface area contributed by atoms with E-state index in [0.717, 1.165) is 36.1 Å². The zero-order valence-corrected chi connectivity index (χ0v) is 13.3. The molecule has 1 aliphatic rings. The van der Waals surface area contributed by atoms with Gasteiger partial charge >= 0.3 is 0 Å². The third kappa shape index (κ3) is 2.35. The molecule has 2 aromatic rings. The number of aryl methyl sites for hydroxylation is 1. The summed E-state index contributed by atoms with van der Waals surface area (Å²) in [6.45, 7) is 8.53. The number of fused-ring (bicyclic) bond motifs is 1. The van der Waals surface area contributed by atoms with Crippen molar-refractivity contribution in [3.05, 3.63) is 10.9 Å². The maximum Gasteiger partial charge on any atom is 0.226 e. The van der Waals surface area contributed by atoms with Crippen LogP contribution in [-0.2, 0) is 6.42 Å². The number of thiophene rings is 1. The zero-order chi connectivity index (χ0) is 14.1. The SMILES string of the molecule is CCNc1nc(N2CCCC2C)c2cc(CC)sc2n1. The Hall–Kier alpha value is -1.36. The van der Waals surface area contributed by atoms with Gasteiger partial charge in [-0.1, -0.05) is 6.92 Å². The molecular weight excluding hydrogens is 268 g/mol. The summed E-state index contributed by atoms with van der Waals surface area (Å²) in [6, 6.07) is 2.85. The summed E-state index contributed by atoms with van der Waals surface area (Å²) in [6.07, 6.45) is 3.58. The van der Waals surface area contributed by atoms with Gasteiger partial charge in [0.15, 0.2) is 0 Å². The Morgan fingerprint density at radius 2 is 2.25 bits per heavy atom. The van der Waals surface area contributed by atoms with Gasteiger partial charge in [0.1, 0.15) is 10.6 Å². The highest BCUT2D eigenvalue weighted by Gasteiger charge is 2.25. The van der Waals surface area contributed by atoms with Crippen molar-refractivity contribution in [3.63, 3.8) is 0 Å². The molecule has 1 unspecified atom stereocenters. The Balaban J connectivity index is 2.13. The monoisotopic (exact) mass is 290 g/mol. The standard InChI is InChI=1S/C15H22N4S/c1-4-11-9-12-13(19-8-6-7-10(19)3)17-15(16-5-2)18-14(12)20-11/h9-10H,4-8H2,1-3H3,(H,16,17,18). The lowest BCUT2D eigenvalue weighted by molar-refractivity contribution is 0.729. The first-order valence-electron chi connectivity index (χ1n) is 7.53. The van der Waals surface area contributed by atoms with E-state index in [1.807, 2.05) is 0 Å². The molecule has 0 aliphatic carbocycles. The molecule has 1 fully saturated rings. The van der Waals surface area contributed by atoms with Crippen LogP contribution >= 0.6 is 11.3 Å². The van der Waals surface area contributed by atoms with Crippen molar-refractivity contribution in [1.29, 1.82) is 0 Å². The topological polar surface area (TPSA) is 41.1 Å². The van der Waals surface area contributed by atoms with Gasteiger partial charge in [-0.05, 0) is 39.2 Å². The predicted octanol–water partition coefficient (Wildman–Crippen LogP) is 3.67. The van der Waals surface area contributed by atoms with Crippen molar-refractivity contribution in [2.24, 2.45) is 0 Å². The lowest BCUT2D eigenvalue weighted by Gasteiger charge is -2.23. The van der Waals surface area contributed by atoms with Gasteiger partial charge in [0.25, 0.3) is 0 Å². The van der Waals surface area contributed by atoms with Gasteiger partial charge in [-0.2, -0.15) is 4.98 Å². The maximum atomic E-state index is 4.78. The minimum absolute atomic E-state index is 0.576. The van der Waals surface area contributed by atoms with Crippen LogP contribution in [0.2, 0.25) is 0 Å². The van der Waals surface area contributed by atoms with Crippen LogP contribution in [0.15, 0.2) is 6.07 Å². The molecule has 4 nitrogen and oxygen atoms in total. The van der Waals surface area contributed by atoms with E-state index >= 15 is 0 Å². The summed E-state index contributed by atoms with van der Waals surface area (Å²) in [7, 11) is 0. The molecule has 0 amide bonds. The molecule has 108 valence electrons. The van der Waals surface area contributed by atoms with Crippen LogP contribution in [0.1, 0.15) is 38.5 Å². The third-order valence-electron chi connectivity index (χ3n) is 3.93. The van der Waals surface area contributed by atoms with Crippen LogP contribution < -0.4 is 10.2 Å². The molecular formula is C15H22N4S. The quantitative estimate of drug-likeness (QED) is 0.932. The normalized spacial score (nSPS) is 18.9. The van der Waals surface area contributed by atoms with Gasteiger partial charge in [-0.3, -0.25) is 0 Å². The highest BCUT2D eigenvalue weighted by Crippen LogP contribution is 2.35. The van der Waals surface area contributed by atoms with Crippen molar-refractivity contribution >= 4 is 33.3 Å². The zero-order valence-electron chi connectivity index (χ0n) is 12.4. The average Bonchev–Trinajstić information content (AvgIpc) is 3.04. The lowest BCUT2D eigenvalue weighted by atomic mass is 10.2. The number of anilines is 2. The van der Waals surface area contributed by atoms with Gasteiger partial charge in [0, 0.05) is 24.0 Å². The Kier molecular flexibility index (Phi) is 3.78. The Morgan fingerprint density at radius 1 is 1.40 bits per heavy atom. The summed E-state index contributed by atoms with van der Waals surface area (Å²) in [5, 5.41) is 4.49. The molecule has 0 saturated carbocycles. The Morgan fingerprint density at radius 3 is 2.90 bits per heavy atom. The number of hydrogen-bond donors (Lipinski definition) is 1. The van der Waals surface area contributed by atoms with Crippen LogP contribution in [-0.4, -0.2) is 29.1 Å². The van der Waals surface area contributed by atoms with Gasteiger partial charge in [-0.15, -0.1) is 11.3 Å². The van der Waals surface area contributed by atoms with Crippen LogP contribution in [0.3, 0.4) is 0 Å². The molecule has 0 aromatic carbocycles. The van der Waals surface area contributed by atoms with E-state index in [9.17, 15) is 0 Å². The molecule has 2 aromatic heterocycles. The molecule has 1 atom stereocenters. The number of nitrogens with zero attached hydrogens (tertiary/aromatic N) is 3. The van der Waals surface area contributed by atoms with E-state index in [-0.39, 0.29) is 0 Å². The molecule has 20 heavy (non-hydrogen) atoms. The van der Waals surface area contributed by atoms with E-state index in [4.69, 9.17) is 4.98 Å². The number of nitrogens with one attached hydrogen (secondary N) is 1. The van der Waals surface area contributed by atoms with E-state index in [1.165, 1.54) is 23.1 Å². The van der Waals surface area contributed by atoms with Gasteiger partial charge < -0.3 is 10.2 Å². The first-order chi connectivity index (χ1) is 9.72. The van der Waals surface area contributed by atoms with Gasteiger partial charge in [0.2, 0.25) is 5.95 Å². The van der Waals surface area contributed by atoms with Crippen LogP contribution in [0.5, 0.6) is 0 Å². The number of aromatic nitrogens is 2. The van der Waals surface area contributed by atoms with Gasteiger partial charge in [-0.25, -0.2) is 4.98 Å². The average molecular weight is 290 g/mol. The molecule has 3 heterocycles. The fraction of sp³-hybridized carbons (Fsp3) is 0.600. The highest BCUT2D eigenvalue weighted by atomic mass is 32.1. The Labute approximate surface area is 124 Å². The second-order valence-corrected chi connectivity index (χ2v) is 6.49. The molecule has 1 aliphatic heterocycles. The summed E-state index contributed by atoms with van der Waals surface area (Å²) >= 11 is 1.79. The van der Waals surface area contributed by atoms with Crippen molar-refractivity contribution in [1.82, 2.24) is 9.97 Å². The molecule has 0 radical (unpaired) electrons. The molecule has 0 spiro atoms. The van der Waals surface area contributed by atoms with Crippen LogP contribution in [0.25, 0.3) is 10.2 Å². The number of rotatable bonds is 4. The largest absolute Gasteiger partial charge is 0.354 e. The summed E-state index contributed by atoms with van der Waals surface area (Å²) < 4.78 is 0. The smallest absolute Gasteiger partial charge is 0.226 e. The fourth-order valence-corrected chi connectivity index (χ4v) is 3.80. The van der Waals surface area contributed by atoms with Gasteiger partial charge in [0.05, 0.1) is 5.39 Å². The predicted molar refractivity (Wildman–Crippen MR) is 87.0 cm³/mol. The highest BCUT2D eigenvalue weighted by molar-refractivity contribution is 7.18. The van der Waals surface area contributed by atoms with E-state index < -0.39 is 0 Å². The lowest BCUT2D eigenvalue weighted by Crippen LogP contribution is -2.27. The van der Waals surface area contributed by atoms with Crippen molar-refractivity contribution in [2.75, 3.05) is 23.3 Å². The van der Waals surface area contributed by atoms with Crippen molar-refractivity contribution < 1.29 is 0 Å². The van der Waals surface area contributed by atoms with E-state index in [0.29, 0.717) is 6.04 Å². The first-order valence-corrected chi connectivity index (χ1v) is 8.35. The van der Waals surface area contributed by atoms with E-state index in [1.54, 1.807) is 11.3 Å². The minimum Gasteiger partial charge on any atom is -0.354 e. The van der Waals surface area contributed by atoms with Crippen LogP contribution in [0.4, 0.5) is 11.8 Å². The molecule has 1 saturated heterocycles. The minimum atomic E-state index is 0.576.